The Kier molecular flexibility index (Phi) is 5.08. The van der Waals surface area contributed by atoms with Gasteiger partial charge in [-0.15, -0.1) is 0 Å². The third-order valence-corrected chi connectivity index (χ3v) is 3.51. The van der Waals surface area contributed by atoms with E-state index in [1.54, 1.807) is 0 Å². The maximum atomic E-state index is 12.8. The molecule has 2 rings (SSSR count). The first-order chi connectivity index (χ1) is 10.3. The molecule has 0 fully saturated rings. The lowest BCUT2D eigenvalue weighted by molar-refractivity contribution is -0.137. The summed E-state index contributed by atoms with van der Waals surface area (Å²) in [6, 6.07) is 3.72. The summed E-state index contributed by atoms with van der Waals surface area (Å²) in [5, 5.41) is 0. The molecule has 0 amide bonds. The van der Waals surface area contributed by atoms with E-state index < -0.39 is 11.7 Å². The van der Waals surface area contributed by atoms with Crippen molar-refractivity contribution >= 4 is 11.0 Å². The lowest BCUT2D eigenvalue weighted by Crippen LogP contribution is -2.16. The minimum atomic E-state index is -4.35. The Labute approximate surface area is 127 Å². The van der Waals surface area contributed by atoms with E-state index in [-0.39, 0.29) is 0 Å². The van der Waals surface area contributed by atoms with Gasteiger partial charge in [-0.2, -0.15) is 13.2 Å². The van der Waals surface area contributed by atoms with Crippen LogP contribution in [0.2, 0.25) is 0 Å². The molecule has 4 nitrogen and oxygen atoms in total. The molecule has 0 saturated carbocycles. The Balaban J connectivity index is 2.37. The molecule has 0 aliphatic rings. The number of aromatic nitrogens is 2. The fourth-order valence-corrected chi connectivity index (χ4v) is 2.47. The van der Waals surface area contributed by atoms with E-state index in [1.807, 2.05) is 18.7 Å². The lowest BCUT2D eigenvalue weighted by atomic mass is 10.2. The normalized spacial score (nSPS) is 12.5. The van der Waals surface area contributed by atoms with Crippen molar-refractivity contribution in [2.45, 2.75) is 25.6 Å². The summed E-state index contributed by atoms with van der Waals surface area (Å²) >= 11 is 0. The van der Waals surface area contributed by atoms with Crippen LogP contribution in [0.1, 0.15) is 17.8 Å². The van der Waals surface area contributed by atoms with E-state index in [0.717, 1.165) is 43.0 Å². The van der Waals surface area contributed by atoms with Crippen molar-refractivity contribution in [3.63, 3.8) is 0 Å². The molecule has 1 aromatic heterocycles. The maximum Gasteiger partial charge on any atom is 0.416 e. The number of hydrogen-bond donors (Lipinski definition) is 1. The van der Waals surface area contributed by atoms with Gasteiger partial charge >= 0.3 is 6.18 Å². The molecule has 0 saturated heterocycles. The van der Waals surface area contributed by atoms with Crippen molar-refractivity contribution in [2.24, 2.45) is 5.73 Å². The third kappa shape index (κ3) is 3.78. The number of nitrogens with two attached hydrogens (primary N) is 1. The van der Waals surface area contributed by atoms with Gasteiger partial charge in [-0.25, -0.2) is 4.98 Å². The molecule has 0 radical (unpaired) electrons. The summed E-state index contributed by atoms with van der Waals surface area (Å²) in [6.45, 7) is 2.04. The summed E-state index contributed by atoms with van der Waals surface area (Å²) in [5.41, 5.74) is 6.03. The van der Waals surface area contributed by atoms with Crippen LogP contribution in [0.15, 0.2) is 18.2 Å². The molecule has 0 aliphatic carbocycles. The highest BCUT2D eigenvalue weighted by atomic mass is 19.4. The number of imidazole rings is 1. The van der Waals surface area contributed by atoms with Gasteiger partial charge in [0.15, 0.2) is 0 Å². The Morgan fingerprint density at radius 2 is 2.00 bits per heavy atom. The zero-order valence-corrected chi connectivity index (χ0v) is 12.8. The SMILES string of the molecule is CN(C)CCCn1c(CCN)nc2cc(C(F)(F)F)ccc21. The standard InChI is InChI=1S/C15H21F3N4/c1-21(2)8-3-9-22-13-5-4-11(15(16,17)18)10-12(13)20-14(22)6-7-19/h4-5,10H,3,6-9,19H2,1-2H3. The van der Waals surface area contributed by atoms with Gasteiger partial charge in [-0.05, 0) is 51.8 Å². The van der Waals surface area contributed by atoms with Gasteiger partial charge in [0.2, 0.25) is 0 Å². The number of alkyl halides is 3. The van der Waals surface area contributed by atoms with E-state index >= 15 is 0 Å². The van der Waals surface area contributed by atoms with Crippen molar-refractivity contribution in [2.75, 3.05) is 27.2 Å². The Morgan fingerprint density at radius 3 is 2.59 bits per heavy atom. The Bertz CT molecular complexity index is 631. The highest BCUT2D eigenvalue weighted by molar-refractivity contribution is 5.77. The molecule has 1 aromatic carbocycles. The lowest BCUT2D eigenvalue weighted by Gasteiger charge is -2.12. The first-order valence-corrected chi connectivity index (χ1v) is 7.24. The highest BCUT2D eigenvalue weighted by Crippen LogP contribution is 2.31. The predicted octanol–water partition coefficient (Wildman–Crippen LogP) is 2.51. The minimum absolute atomic E-state index is 0.378. The van der Waals surface area contributed by atoms with Crippen molar-refractivity contribution < 1.29 is 13.2 Å². The second-order valence-corrected chi connectivity index (χ2v) is 5.58. The molecule has 22 heavy (non-hydrogen) atoms. The van der Waals surface area contributed by atoms with Crippen LogP contribution in [0.5, 0.6) is 0 Å². The van der Waals surface area contributed by atoms with Gasteiger partial charge in [0.05, 0.1) is 16.6 Å². The zero-order valence-electron chi connectivity index (χ0n) is 12.8. The molecule has 7 heteroatoms. The number of rotatable bonds is 6. The number of halogens is 3. The molecular formula is C15H21F3N4. The Morgan fingerprint density at radius 1 is 1.27 bits per heavy atom. The average molecular weight is 314 g/mol. The first-order valence-electron chi connectivity index (χ1n) is 7.24. The summed E-state index contributed by atoms with van der Waals surface area (Å²) in [7, 11) is 3.98. The average Bonchev–Trinajstić information content (AvgIpc) is 2.75. The Hall–Kier alpha value is -1.60. The van der Waals surface area contributed by atoms with Crippen LogP contribution in [-0.4, -0.2) is 41.6 Å². The molecule has 2 aromatic rings. The van der Waals surface area contributed by atoms with Crippen molar-refractivity contribution in [1.29, 1.82) is 0 Å². The number of hydrogen-bond acceptors (Lipinski definition) is 3. The first kappa shape index (κ1) is 16.8. The van der Waals surface area contributed by atoms with E-state index in [1.165, 1.54) is 6.07 Å². The van der Waals surface area contributed by atoms with Crippen molar-refractivity contribution in [3.05, 3.63) is 29.6 Å². The van der Waals surface area contributed by atoms with Crippen LogP contribution in [-0.2, 0) is 19.1 Å². The van der Waals surface area contributed by atoms with E-state index in [4.69, 9.17) is 5.73 Å². The largest absolute Gasteiger partial charge is 0.416 e. The molecule has 0 bridgehead atoms. The highest BCUT2D eigenvalue weighted by Gasteiger charge is 2.31. The summed E-state index contributed by atoms with van der Waals surface area (Å²) < 4.78 is 40.4. The number of benzene rings is 1. The van der Waals surface area contributed by atoms with Gasteiger partial charge < -0.3 is 15.2 Å². The summed E-state index contributed by atoms with van der Waals surface area (Å²) in [6.07, 6.45) is -2.90. The molecule has 0 spiro atoms. The molecular weight excluding hydrogens is 293 g/mol. The molecule has 2 N–H and O–H groups in total. The molecule has 0 aliphatic heterocycles. The number of fused-ring (bicyclic) bond motifs is 1. The van der Waals surface area contributed by atoms with Crippen molar-refractivity contribution in [3.8, 4) is 0 Å². The number of aryl methyl sites for hydroxylation is 1. The quantitative estimate of drug-likeness (QED) is 0.891. The van der Waals surface area contributed by atoms with E-state index in [2.05, 4.69) is 9.88 Å². The summed E-state index contributed by atoms with van der Waals surface area (Å²) in [4.78, 5) is 6.42. The van der Waals surface area contributed by atoms with Crippen molar-refractivity contribution in [1.82, 2.24) is 14.5 Å². The van der Waals surface area contributed by atoms with Crippen LogP contribution in [0.4, 0.5) is 13.2 Å². The fourth-order valence-electron chi connectivity index (χ4n) is 2.47. The summed E-state index contributed by atoms with van der Waals surface area (Å²) in [5.74, 6) is 0.746. The van der Waals surface area contributed by atoms with Gasteiger partial charge in [0.25, 0.3) is 0 Å². The minimum Gasteiger partial charge on any atom is -0.330 e. The topological polar surface area (TPSA) is 47.1 Å². The third-order valence-electron chi connectivity index (χ3n) is 3.51. The van der Waals surface area contributed by atoms with E-state index in [9.17, 15) is 13.2 Å². The van der Waals surface area contributed by atoms with Crippen LogP contribution in [0, 0.1) is 0 Å². The monoisotopic (exact) mass is 314 g/mol. The van der Waals surface area contributed by atoms with Crippen LogP contribution in [0.25, 0.3) is 11.0 Å². The fraction of sp³-hybridized carbons (Fsp3) is 0.533. The molecule has 122 valence electrons. The molecule has 0 atom stereocenters. The molecule has 0 unspecified atom stereocenters. The van der Waals surface area contributed by atoms with Gasteiger partial charge in [0.1, 0.15) is 5.82 Å². The molecule has 1 heterocycles. The zero-order chi connectivity index (χ0) is 16.3. The van der Waals surface area contributed by atoms with Gasteiger partial charge in [0, 0.05) is 13.0 Å². The van der Waals surface area contributed by atoms with E-state index in [0.29, 0.717) is 18.5 Å². The van der Waals surface area contributed by atoms with Crippen LogP contribution in [0.3, 0.4) is 0 Å². The second-order valence-electron chi connectivity index (χ2n) is 5.58. The maximum absolute atomic E-state index is 12.8. The van der Waals surface area contributed by atoms with Crippen LogP contribution < -0.4 is 5.73 Å². The number of nitrogens with zero attached hydrogens (tertiary/aromatic N) is 3. The van der Waals surface area contributed by atoms with Gasteiger partial charge in [-0.1, -0.05) is 0 Å². The van der Waals surface area contributed by atoms with Gasteiger partial charge in [-0.3, -0.25) is 0 Å². The predicted molar refractivity (Wildman–Crippen MR) is 80.7 cm³/mol. The van der Waals surface area contributed by atoms with Crippen LogP contribution >= 0.6 is 0 Å². The smallest absolute Gasteiger partial charge is 0.330 e. The second kappa shape index (κ2) is 6.66.